The van der Waals surface area contributed by atoms with Crippen LogP contribution in [0.5, 0.6) is 0 Å². The topological polar surface area (TPSA) is 58.6 Å². The molecule has 5 rings (SSSR count). The summed E-state index contributed by atoms with van der Waals surface area (Å²) in [5.74, 6) is -0.288. The average Bonchev–Trinajstić information content (AvgIpc) is 3.36. The molecule has 3 aromatic rings. The monoisotopic (exact) mass is 578 g/mol. The summed E-state index contributed by atoms with van der Waals surface area (Å²) in [4.78, 5) is 27.9. The van der Waals surface area contributed by atoms with Crippen LogP contribution in [-0.2, 0) is 27.2 Å². The van der Waals surface area contributed by atoms with Crippen LogP contribution in [0.1, 0.15) is 54.5 Å². The summed E-state index contributed by atoms with van der Waals surface area (Å²) >= 11 is 3.45. The molecule has 38 heavy (non-hydrogen) atoms. The predicted octanol–water partition coefficient (Wildman–Crippen LogP) is 5.75. The zero-order valence-electron chi connectivity index (χ0n) is 21.5. The Bertz CT molecular complexity index is 1290. The van der Waals surface area contributed by atoms with Crippen LogP contribution in [0.4, 0.5) is 4.39 Å². The fourth-order valence-electron chi connectivity index (χ4n) is 5.44. The van der Waals surface area contributed by atoms with Crippen LogP contribution in [0.25, 0.3) is 0 Å². The van der Waals surface area contributed by atoms with Gasteiger partial charge in [0, 0.05) is 4.47 Å². The molecule has 0 radical (unpaired) electrons. The fraction of sp³-hybridized carbons (Fsp3) is 0.355. The highest BCUT2D eigenvalue weighted by atomic mass is 79.9. The summed E-state index contributed by atoms with van der Waals surface area (Å²) in [5.41, 5.74) is 3.68. The first-order chi connectivity index (χ1) is 18.3. The molecule has 2 heterocycles. The molecule has 0 aliphatic carbocycles. The van der Waals surface area contributed by atoms with Crippen LogP contribution in [0.15, 0.2) is 77.3 Å². The van der Waals surface area contributed by atoms with Gasteiger partial charge in [-0.15, -0.1) is 0 Å². The van der Waals surface area contributed by atoms with Gasteiger partial charge in [0.1, 0.15) is 17.5 Å². The molecule has 1 unspecified atom stereocenters. The number of benzene rings is 3. The lowest BCUT2D eigenvalue weighted by Crippen LogP contribution is -2.64. The number of nitrogens with zero attached hydrogens (tertiary/aromatic N) is 1. The van der Waals surface area contributed by atoms with Crippen molar-refractivity contribution in [2.24, 2.45) is 0 Å². The number of rotatable bonds is 8. The molecule has 1 spiro atoms. The van der Waals surface area contributed by atoms with Crippen molar-refractivity contribution in [2.75, 3.05) is 13.1 Å². The minimum absolute atomic E-state index is 0.0555. The molecule has 0 aromatic heterocycles. The normalized spacial score (nSPS) is 18.7. The van der Waals surface area contributed by atoms with E-state index in [-0.39, 0.29) is 23.7 Å². The highest BCUT2D eigenvalue weighted by Crippen LogP contribution is 2.39. The Hall–Kier alpha value is -3.03. The Morgan fingerprint density at radius 3 is 2.42 bits per heavy atom. The molecule has 0 saturated carbocycles. The summed E-state index contributed by atoms with van der Waals surface area (Å²) in [7, 11) is 0. The Labute approximate surface area is 231 Å². The van der Waals surface area contributed by atoms with Gasteiger partial charge < -0.3 is 15.0 Å². The van der Waals surface area contributed by atoms with Crippen molar-refractivity contribution in [1.29, 1.82) is 0 Å². The van der Waals surface area contributed by atoms with E-state index in [9.17, 15) is 14.0 Å². The maximum Gasteiger partial charge on any atom is 0.249 e. The summed E-state index contributed by atoms with van der Waals surface area (Å²) in [6.07, 6.45) is 2.68. The van der Waals surface area contributed by atoms with Gasteiger partial charge in [0.25, 0.3) is 0 Å². The second-order valence-corrected chi connectivity index (χ2v) is 11.3. The quantitative estimate of drug-likeness (QED) is 0.370. The second kappa shape index (κ2) is 11.4. The van der Waals surface area contributed by atoms with E-state index < -0.39 is 11.7 Å². The first-order valence-electron chi connectivity index (χ1n) is 13.2. The van der Waals surface area contributed by atoms with Gasteiger partial charge in [-0.1, -0.05) is 71.4 Å². The summed E-state index contributed by atoms with van der Waals surface area (Å²) in [6, 6.07) is 22.3. The summed E-state index contributed by atoms with van der Waals surface area (Å²) < 4.78 is 20.5. The Kier molecular flexibility index (Phi) is 7.96. The number of likely N-dealkylation sites (tertiary alicyclic amines) is 1. The molecule has 2 atom stereocenters. The molecular formula is C31H32BrFN2O3. The molecule has 3 aromatic carbocycles. The standard InChI is InChI=1S/C31H32BrFN2O3/c1-2-27(22-9-11-25(32)12-10-22)34-30(37)28-15-16-31(38-28)19-35(20-31)29(36)18-24-6-4-3-5-23(24)17-21-7-13-26(33)14-8-21/h3-14,27-28H,2,15-20H2,1H3,(H,34,37)/t27-,28?/m0/s1. The van der Waals surface area contributed by atoms with Crippen molar-refractivity contribution in [3.8, 4) is 0 Å². The smallest absolute Gasteiger partial charge is 0.249 e. The number of hydrogen-bond donors (Lipinski definition) is 1. The number of carbonyl (C=O) groups is 2. The van der Waals surface area contributed by atoms with Crippen molar-refractivity contribution >= 4 is 27.7 Å². The number of hydrogen-bond acceptors (Lipinski definition) is 3. The summed E-state index contributed by atoms with van der Waals surface area (Å²) in [5, 5.41) is 3.15. The number of carbonyl (C=O) groups excluding carboxylic acids is 2. The molecule has 5 nitrogen and oxygen atoms in total. The first-order valence-corrected chi connectivity index (χ1v) is 14.0. The third-order valence-electron chi connectivity index (χ3n) is 7.62. The zero-order chi connectivity index (χ0) is 26.7. The third kappa shape index (κ3) is 6.00. The van der Waals surface area contributed by atoms with Gasteiger partial charge in [0.2, 0.25) is 11.8 Å². The molecule has 2 aliphatic rings. The van der Waals surface area contributed by atoms with Gasteiger partial charge in [-0.3, -0.25) is 9.59 Å². The van der Waals surface area contributed by atoms with E-state index in [1.54, 1.807) is 12.1 Å². The Morgan fingerprint density at radius 2 is 1.74 bits per heavy atom. The van der Waals surface area contributed by atoms with E-state index in [1.807, 2.05) is 53.4 Å². The van der Waals surface area contributed by atoms with Crippen LogP contribution in [0, 0.1) is 5.82 Å². The van der Waals surface area contributed by atoms with Gasteiger partial charge >= 0.3 is 0 Å². The van der Waals surface area contributed by atoms with Crippen LogP contribution < -0.4 is 5.32 Å². The average molecular weight is 580 g/mol. The van der Waals surface area contributed by atoms with Crippen molar-refractivity contribution < 1.29 is 18.7 Å². The van der Waals surface area contributed by atoms with Gasteiger partial charge in [0.05, 0.1) is 25.6 Å². The van der Waals surface area contributed by atoms with Crippen molar-refractivity contribution in [2.45, 2.75) is 56.8 Å². The molecule has 2 saturated heterocycles. The highest BCUT2D eigenvalue weighted by Gasteiger charge is 2.52. The van der Waals surface area contributed by atoms with E-state index in [2.05, 4.69) is 28.2 Å². The number of ether oxygens (including phenoxy) is 1. The van der Waals surface area contributed by atoms with Crippen LogP contribution in [0.2, 0.25) is 0 Å². The predicted molar refractivity (Wildman–Crippen MR) is 148 cm³/mol. The van der Waals surface area contributed by atoms with E-state index in [1.165, 1.54) is 12.1 Å². The van der Waals surface area contributed by atoms with Gasteiger partial charge in [-0.05, 0) is 72.2 Å². The molecule has 2 amide bonds. The van der Waals surface area contributed by atoms with E-state index in [0.29, 0.717) is 32.4 Å². The Balaban J connectivity index is 1.14. The minimum Gasteiger partial charge on any atom is -0.358 e. The van der Waals surface area contributed by atoms with Gasteiger partial charge in [-0.25, -0.2) is 4.39 Å². The summed E-state index contributed by atoms with van der Waals surface area (Å²) in [6.45, 7) is 3.08. The largest absolute Gasteiger partial charge is 0.358 e. The molecule has 1 N–H and O–H groups in total. The highest BCUT2D eigenvalue weighted by molar-refractivity contribution is 9.10. The number of nitrogens with one attached hydrogen (secondary N) is 1. The number of amides is 2. The van der Waals surface area contributed by atoms with E-state index in [4.69, 9.17) is 4.74 Å². The SMILES string of the molecule is CC[C@H](NC(=O)C1CCC2(CN(C(=O)Cc3ccccc3Cc3ccc(F)cc3)C2)O1)c1ccc(Br)cc1. The van der Waals surface area contributed by atoms with Crippen LogP contribution >= 0.6 is 15.9 Å². The minimum atomic E-state index is -0.492. The molecule has 2 aliphatic heterocycles. The molecule has 198 valence electrons. The third-order valence-corrected chi connectivity index (χ3v) is 8.15. The second-order valence-electron chi connectivity index (χ2n) is 10.3. The van der Waals surface area contributed by atoms with Crippen molar-refractivity contribution in [1.82, 2.24) is 10.2 Å². The van der Waals surface area contributed by atoms with Crippen molar-refractivity contribution in [3.05, 3.63) is 105 Å². The lowest BCUT2D eigenvalue weighted by Gasteiger charge is -2.47. The zero-order valence-corrected chi connectivity index (χ0v) is 23.0. The lowest BCUT2D eigenvalue weighted by atomic mass is 9.89. The van der Waals surface area contributed by atoms with E-state index >= 15 is 0 Å². The molecule has 7 heteroatoms. The Morgan fingerprint density at radius 1 is 1.05 bits per heavy atom. The van der Waals surface area contributed by atoms with E-state index in [0.717, 1.165) is 39.6 Å². The van der Waals surface area contributed by atoms with Crippen LogP contribution in [-0.4, -0.2) is 41.5 Å². The van der Waals surface area contributed by atoms with Gasteiger partial charge in [-0.2, -0.15) is 0 Å². The lowest BCUT2D eigenvalue weighted by molar-refractivity contribution is -0.169. The maximum atomic E-state index is 13.3. The molecule has 2 fully saturated rings. The van der Waals surface area contributed by atoms with Crippen LogP contribution in [0.3, 0.4) is 0 Å². The molecule has 0 bridgehead atoms. The fourth-order valence-corrected chi connectivity index (χ4v) is 5.70. The van der Waals surface area contributed by atoms with Gasteiger partial charge in [0.15, 0.2) is 0 Å². The first kappa shape index (κ1) is 26.6. The molecular weight excluding hydrogens is 547 g/mol. The maximum absolute atomic E-state index is 13.3. The number of halogens is 2. The van der Waals surface area contributed by atoms with Crippen molar-refractivity contribution in [3.63, 3.8) is 0 Å².